The molecular weight excluding hydrogens is 370 g/mol. The van der Waals surface area contributed by atoms with Crippen LogP contribution >= 0.6 is 28.3 Å². The molecule has 0 spiro atoms. The topological polar surface area (TPSA) is 79.2 Å². The Bertz CT molecular complexity index is 754. The zero-order chi connectivity index (χ0) is 15.0. The minimum Gasteiger partial charge on any atom is -0.339 e. The van der Waals surface area contributed by atoms with Crippen molar-refractivity contribution in [2.75, 3.05) is 13.1 Å². The second-order valence-corrected chi connectivity index (χ2v) is 6.19. The van der Waals surface area contributed by atoms with Gasteiger partial charge in [0.2, 0.25) is 5.56 Å². The van der Waals surface area contributed by atoms with E-state index in [2.05, 4.69) is 20.9 Å². The largest absolute Gasteiger partial charge is 0.339 e. The predicted molar refractivity (Wildman–Crippen MR) is 92.6 cm³/mol. The Balaban J connectivity index is 0.00000176. The van der Waals surface area contributed by atoms with Crippen molar-refractivity contribution in [3.05, 3.63) is 44.7 Å². The first-order valence-electron chi connectivity index (χ1n) is 6.92. The maximum atomic E-state index is 12.7. The number of rotatable bonds is 1. The highest BCUT2D eigenvalue weighted by Gasteiger charge is 2.23. The van der Waals surface area contributed by atoms with Crippen LogP contribution in [0, 0.1) is 0 Å². The molecule has 118 valence electrons. The number of hydrogen-bond acceptors (Lipinski definition) is 3. The molecule has 7 heteroatoms. The number of nitrogens with zero attached hydrogens (tertiary/aromatic N) is 1. The molecule has 2 heterocycles. The third kappa shape index (κ3) is 3.19. The van der Waals surface area contributed by atoms with Crippen LogP contribution in [0.25, 0.3) is 10.9 Å². The van der Waals surface area contributed by atoms with E-state index < -0.39 is 0 Å². The van der Waals surface area contributed by atoms with Gasteiger partial charge in [0.1, 0.15) is 0 Å². The van der Waals surface area contributed by atoms with Crippen molar-refractivity contribution in [2.24, 2.45) is 5.73 Å². The van der Waals surface area contributed by atoms with Crippen LogP contribution in [0.3, 0.4) is 0 Å². The van der Waals surface area contributed by atoms with Gasteiger partial charge in [-0.15, -0.1) is 12.4 Å². The SMILES string of the molecule is Cl.NC1CCN(C(=O)c2cc(=O)[nH]c3c(Br)cccc23)CC1. The van der Waals surface area contributed by atoms with Crippen molar-refractivity contribution < 1.29 is 4.79 Å². The van der Waals surface area contributed by atoms with E-state index in [1.54, 1.807) is 4.90 Å². The molecule has 1 saturated heterocycles. The Labute approximate surface area is 142 Å². The van der Waals surface area contributed by atoms with Gasteiger partial charge in [0.25, 0.3) is 5.91 Å². The number of H-pyrrole nitrogens is 1. The number of piperidine rings is 1. The number of carbonyl (C=O) groups is 1. The molecule has 0 atom stereocenters. The lowest BCUT2D eigenvalue weighted by molar-refractivity contribution is 0.0716. The fourth-order valence-electron chi connectivity index (χ4n) is 2.69. The van der Waals surface area contributed by atoms with E-state index in [4.69, 9.17) is 5.73 Å². The average Bonchev–Trinajstić information content (AvgIpc) is 2.47. The number of para-hydroxylation sites is 1. The monoisotopic (exact) mass is 385 g/mol. The highest BCUT2D eigenvalue weighted by molar-refractivity contribution is 9.10. The number of carbonyl (C=O) groups excluding carboxylic acids is 1. The van der Waals surface area contributed by atoms with Crippen LogP contribution in [0.15, 0.2) is 33.5 Å². The van der Waals surface area contributed by atoms with Gasteiger partial charge in [0, 0.05) is 35.1 Å². The van der Waals surface area contributed by atoms with Gasteiger partial charge in [-0.2, -0.15) is 0 Å². The van der Waals surface area contributed by atoms with Crippen molar-refractivity contribution in [1.29, 1.82) is 0 Å². The smallest absolute Gasteiger partial charge is 0.254 e. The molecule has 0 saturated carbocycles. The van der Waals surface area contributed by atoms with Gasteiger partial charge in [0.05, 0.1) is 11.1 Å². The lowest BCUT2D eigenvalue weighted by Crippen LogP contribution is -2.43. The number of amides is 1. The summed E-state index contributed by atoms with van der Waals surface area (Å²) in [5.74, 6) is -0.101. The molecule has 0 unspecified atom stereocenters. The van der Waals surface area contributed by atoms with E-state index in [1.807, 2.05) is 18.2 Å². The summed E-state index contributed by atoms with van der Waals surface area (Å²) < 4.78 is 0.771. The molecule has 3 N–H and O–H groups in total. The summed E-state index contributed by atoms with van der Waals surface area (Å²) in [6.07, 6.45) is 1.60. The maximum Gasteiger partial charge on any atom is 0.254 e. The molecule has 3 rings (SSSR count). The minimum atomic E-state index is -0.272. The Morgan fingerprint density at radius 2 is 2.00 bits per heavy atom. The second-order valence-electron chi connectivity index (χ2n) is 5.34. The van der Waals surface area contributed by atoms with Gasteiger partial charge < -0.3 is 15.6 Å². The van der Waals surface area contributed by atoms with Crippen LogP contribution in [0.1, 0.15) is 23.2 Å². The zero-order valence-corrected chi connectivity index (χ0v) is 14.2. The third-order valence-corrected chi connectivity index (χ3v) is 4.55. The summed E-state index contributed by atoms with van der Waals surface area (Å²) in [5, 5.41) is 0.754. The Morgan fingerprint density at radius 1 is 1.32 bits per heavy atom. The first-order valence-corrected chi connectivity index (χ1v) is 7.72. The molecule has 1 fully saturated rings. The Kier molecular flexibility index (Phi) is 5.26. The lowest BCUT2D eigenvalue weighted by atomic mass is 10.0. The summed E-state index contributed by atoms with van der Waals surface area (Å²) >= 11 is 3.41. The molecule has 1 aromatic heterocycles. The van der Waals surface area contributed by atoms with Gasteiger partial charge in [-0.05, 0) is 34.8 Å². The van der Waals surface area contributed by atoms with E-state index in [0.29, 0.717) is 24.2 Å². The van der Waals surface area contributed by atoms with Crippen LogP contribution in [-0.4, -0.2) is 34.9 Å². The van der Waals surface area contributed by atoms with Crippen LogP contribution in [0.2, 0.25) is 0 Å². The molecule has 22 heavy (non-hydrogen) atoms. The van der Waals surface area contributed by atoms with Crippen LogP contribution < -0.4 is 11.3 Å². The van der Waals surface area contributed by atoms with Crippen molar-refractivity contribution in [2.45, 2.75) is 18.9 Å². The van der Waals surface area contributed by atoms with Crippen molar-refractivity contribution in [1.82, 2.24) is 9.88 Å². The molecule has 0 bridgehead atoms. The quantitative estimate of drug-likeness (QED) is 0.789. The minimum absolute atomic E-state index is 0. The van der Waals surface area contributed by atoms with E-state index in [9.17, 15) is 9.59 Å². The number of fused-ring (bicyclic) bond motifs is 1. The van der Waals surface area contributed by atoms with E-state index in [-0.39, 0.29) is 29.9 Å². The second kappa shape index (κ2) is 6.81. The summed E-state index contributed by atoms with van der Waals surface area (Å²) in [6, 6.07) is 7.09. The van der Waals surface area contributed by atoms with Gasteiger partial charge in [-0.25, -0.2) is 0 Å². The fraction of sp³-hybridized carbons (Fsp3) is 0.333. The van der Waals surface area contributed by atoms with Gasteiger partial charge in [0.15, 0.2) is 0 Å². The molecule has 1 aliphatic rings. The summed E-state index contributed by atoms with van der Waals surface area (Å²) in [7, 11) is 0. The van der Waals surface area contributed by atoms with Crippen molar-refractivity contribution >= 4 is 45.1 Å². The van der Waals surface area contributed by atoms with Gasteiger partial charge in [-0.3, -0.25) is 9.59 Å². The number of pyridine rings is 1. The van der Waals surface area contributed by atoms with Crippen LogP contribution in [-0.2, 0) is 0 Å². The molecule has 2 aromatic rings. The number of nitrogens with one attached hydrogen (secondary N) is 1. The maximum absolute atomic E-state index is 12.7. The molecule has 0 aliphatic carbocycles. The van der Waals surface area contributed by atoms with E-state index in [1.165, 1.54) is 6.07 Å². The molecule has 1 aliphatic heterocycles. The highest BCUT2D eigenvalue weighted by atomic mass is 79.9. The van der Waals surface area contributed by atoms with Gasteiger partial charge in [-0.1, -0.05) is 12.1 Å². The Hall–Kier alpha value is -1.37. The number of halogens is 2. The Morgan fingerprint density at radius 3 is 2.68 bits per heavy atom. The predicted octanol–water partition coefficient (Wildman–Crippen LogP) is 2.28. The summed E-state index contributed by atoms with van der Waals surface area (Å²) in [4.78, 5) is 29.1. The first kappa shape index (κ1) is 17.0. The van der Waals surface area contributed by atoms with Gasteiger partial charge >= 0.3 is 0 Å². The fourth-order valence-corrected chi connectivity index (χ4v) is 3.16. The summed E-state index contributed by atoms with van der Waals surface area (Å²) in [5.41, 5.74) is 6.70. The summed E-state index contributed by atoms with van der Waals surface area (Å²) in [6.45, 7) is 1.28. The molecule has 0 radical (unpaired) electrons. The normalized spacial score (nSPS) is 15.6. The van der Waals surface area contributed by atoms with Crippen LogP contribution in [0.5, 0.6) is 0 Å². The average molecular weight is 387 g/mol. The number of benzene rings is 1. The molecule has 1 amide bonds. The van der Waals surface area contributed by atoms with Crippen LogP contribution in [0.4, 0.5) is 0 Å². The number of likely N-dealkylation sites (tertiary alicyclic amines) is 1. The van der Waals surface area contributed by atoms with Crippen molar-refractivity contribution in [3.8, 4) is 0 Å². The number of hydrogen-bond donors (Lipinski definition) is 2. The van der Waals surface area contributed by atoms with E-state index in [0.717, 1.165) is 22.7 Å². The third-order valence-electron chi connectivity index (χ3n) is 3.88. The first-order chi connectivity index (χ1) is 10.1. The highest BCUT2D eigenvalue weighted by Crippen LogP contribution is 2.24. The molecule has 1 aromatic carbocycles. The number of aromatic amines is 1. The number of nitrogens with two attached hydrogens (primary N) is 1. The molecular formula is C15H17BrClN3O2. The molecule has 5 nitrogen and oxygen atoms in total. The number of aromatic nitrogens is 1. The van der Waals surface area contributed by atoms with E-state index >= 15 is 0 Å². The standard InChI is InChI=1S/C15H16BrN3O2.ClH/c16-12-3-1-2-10-11(8-13(20)18-14(10)12)15(21)19-6-4-9(17)5-7-19;/h1-3,8-9H,4-7,17H2,(H,18,20);1H. The van der Waals surface area contributed by atoms with Crippen molar-refractivity contribution in [3.63, 3.8) is 0 Å². The zero-order valence-electron chi connectivity index (χ0n) is 11.8. The lowest BCUT2D eigenvalue weighted by Gasteiger charge is -2.30.